The van der Waals surface area contributed by atoms with Gasteiger partial charge in [0, 0.05) is 22.9 Å². The largest absolute Gasteiger partial charge is 0.480 e. The second-order valence-corrected chi connectivity index (χ2v) is 7.04. The number of halogens is 2. The standard InChI is InChI=1S/C21H24F2N2O3/c1-10(2)24-15-8-6-14(7-9-15)16-11(3)19(23)17(12(4)18(16)22)20(26)25-13(5)21(27)28/h6-10,13,24H,1-5H3,(H,25,26)(H,27,28). The first-order valence-electron chi connectivity index (χ1n) is 8.93. The third-order valence-electron chi connectivity index (χ3n) is 4.42. The summed E-state index contributed by atoms with van der Waals surface area (Å²) in [6.45, 7) is 7.93. The number of nitrogens with one attached hydrogen (secondary N) is 2. The van der Waals surface area contributed by atoms with Crippen molar-refractivity contribution in [1.82, 2.24) is 5.32 Å². The van der Waals surface area contributed by atoms with Crippen molar-refractivity contribution < 1.29 is 23.5 Å². The summed E-state index contributed by atoms with van der Waals surface area (Å²) >= 11 is 0. The van der Waals surface area contributed by atoms with Gasteiger partial charge < -0.3 is 15.7 Å². The normalized spacial score (nSPS) is 12.0. The van der Waals surface area contributed by atoms with E-state index < -0.39 is 35.1 Å². The first-order chi connectivity index (χ1) is 13.0. The summed E-state index contributed by atoms with van der Waals surface area (Å²) in [6.07, 6.45) is 0. The summed E-state index contributed by atoms with van der Waals surface area (Å²) in [5, 5.41) is 14.3. The summed E-state index contributed by atoms with van der Waals surface area (Å²) in [4.78, 5) is 23.2. The number of carbonyl (C=O) groups excluding carboxylic acids is 1. The molecule has 0 aliphatic rings. The third-order valence-corrected chi connectivity index (χ3v) is 4.42. The third kappa shape index (κ3) is 4.30. The van der Waals surface area contributed by atoms with E-state index in [1.165, 1.54) is 20.8 Å². The molecule has 0 spiro atoms. The van der Waals surface area contributed by atoms with E-state index in [0.29, 0.717) is 5.56 Å². The number of carboxylic acids is 1. The van der Waals surface area contributed by atoms with Gasteiger partial charge in [-0.25, -0.2) is 8.78 Å². The van der Waals surface area contributed by atoms with Gasteiger partial charge in [0.1, 0.15) is 17.7 Å². The first-order valence-corrected chi connectivity index (χ1v) is 8.93. The minimum Gasteiger partial charge on any atom is -0.480 e. The molecule has 150 valence electrons. The molecule has 0 aromatic heterocycles. The average Bonchev–Trinajstić information content (AvgIpc) is 2.61. The van der Waals surface area contributed by atoms with Crippen molar-refractivity contribution in [3.63, 3.8) is 0 Å². The van der Waals surface area contributed by atoms with Gasteiger partial charge in [-0.05, 0) is 57.9 Å². The van der Waals surface area contributed by atoms with Crippen LogP contribution in [0.4, 0.5) is 14.5 Å². The number of benzene rings is 2. The smallest absolute Gasteiger partial charge is 0.325 e. The Morgan fingerprint density at radius 3 is 2.04 bits per heavy atom. The molecule has 28 heavy (non-hydrogen) atoms. The zero-order valence-electron chi connectivity index (χ0n) is 16.5. The Balaban J connectivity index is 2.49. The van der Waals surface area contributed by atoms with E-state index in [4.69, 9.17) is 5.11 Å². The highest BCUT2D eigenvalue weighted by atomic mass is 19.1. The van der Waals surface area contributed by atoms with E-state index in [9.17, 15) is 14.0 Å². The van der Waals surface area contributed by atoms with E-state index in [-0.39, 0.29) is 22.7 Å². The average molecular weight is 390 g/mol. The monoisotopic (exact) mass is 390 g/mol. The van der Waals surface area contributed by atoms with Crippen LogP contribution in [0.15, 0.2) is 24.3 Å². The summed E-state index contributed by atoms with van der Waals surface area (Å²) < 4.78 is 30.0. The van der Waals surface area contributed by atoms with Gasteiger partial charge in [0.2, 0.25) is 0 Å². The fourth-order valence-corrected chi connectivity index (χ4v) is 2.93. The van der Waals surface area contributed by atoms with E-state index in [0.717, 1.165) is 5.69 Å². The molecule has 0 radical (unpaired) electrons. The summed E-state index contributed by atoms with van der Waals surface area (Å²) in [5.41, 5.74) is 0.752. The van der Waals surface area contributed by atoms with Crippen LogP contribution in [-0.4, -0.2) is 29.1 Å². The second-order valence-electron chi connectivity index (χ2n) is 7.04. The number of amides is 1. The zero-order chi connectivity index (χ0) is 21.2. The second kappa shape index (κ2) is 8.37. The Morgan fingerprint density at radius 2 is 1.54 bits per heavy atom. The van der Waals surface area contributed by atoms with Crippen LogP contribution in [0.3, 0.4) is 0 Å². The maximum atomic E-state index is 15.1. The van der Waals surface area contributed by atoms with Gasteiger partial charge in [0.15, 0.2) is 0 Å². The molecule has 0 bridgehead atoms. The molecule has 1 amide bonds. The highest BCUT2D eigenvalue weighted by Gasteiger charge is 2.26. The molecule has 0 aliphatic heterocycles. The molecule has 2 aromatic carbocycles. The molecule has 0 saturated carbocycles. The Labute approximate surface area is 162 Å². The molecule has 2 aromatic rings. The van der Waals surface area contributed by atoms with Crippen molar-refractivity contribution in [1.29, 1.82) is 0 Å². The topological polar surface area (TPSA) is 78.4 Å². The highest BCUT2D eigenvalue weighted by molar-refractivity contribution is 5.99. The summed E-state index contributed by atoms with van der Waals surface area (Å²) in [6, 6.07) is 5.92. The number of carboxylic acid groups (broad SMARTS) is 1. The van der Waals surface area contributed by atoms with Crippen LogP contribution >= 0.6 is 0 Å². The molecule has 2 rings (SSSR count). The first kappa shape index (κ1) is 21.3. The predicted molar refractivity (Wildman–Crippen MR) is 105 cm³/mol. The molecular formula is C21H24F2N2O3. The maximum Gasteiger partial charge on any atom is 0.325 e. The van der Waals surface area contributed by atoms with Crippen molar-refractivity contribution in [2.75, 3.05) is 5.32 Å². The fraction of sp³-hybridized carbons (Fsp3) is 0.333. The number of hydrogen-bond donors (Lipinski definition) is 3. The number of aliphatic carboxylic acids is 1. The summed E-state index contributed by atoms with van der Waals surface area (Å²) in [5.74, 6) is -3.81. The highest BCUT2D eigenvalue weighted by Crippen LogP contribution is 2.34. The minimum atomic E-state index is -1.27. The van der Waals surface area contributed by atoms with Crippen molar-refractivity contribution in [3.05, 3.63) is 52.6 Å². The molecule has 0 aliphatic carbocycles. The number of hydrogen-bond acceptors (Lipinski definition) is 3. The van der Waals surface area contributed by atoms with Gasteiger partial charge in [-0.15, -0.1) is 0 Å². The number of anilines is 1. The Bertz CT molecular complexity index is 880. The lowest BCUT2D eigenvalue weighted by atomic mass is 9.92. The van der Waals surface area contributed by atoms with Gasteiger partial charge in [-0.3, -0.25) is 9.59 Å². The van der Waals surface area contributed by atoms with E-state index in [1.54, 1.807) is 24.3 Å². The van der Waals surface area contributed by atoms with Crippen molar-refractivity contribution in [3.8, 4) is 11.1 Å². The lowest BCUT2D eigenvalue weighted by Gasteiger charge is -2.18. The van der Waals surface area contributed by atoms with Gasteiger partial charge in [-0.1, -0.05) is 12.1 Å². The molecule has 0 fully saturated rings. The van der Waals surface area contributed by atoms with Crippen molar-refractivity contribution in [2.24, 2.45) is 0 Å². The molecule has 3 N–H and O–H groups in total. The minimum absolute atomic E-state index is 0.0132. The molecule has 0 heterocycles. The Morgan fingerprint density at radius 1 is 0.964 bits per heavy atom. The summed E-state index contributed by atoms with van der Waals surface area (Å²) in [7, 11) is 0. The van der Waals surface area contributed by atoms with Crippen molar-refractivity contribution >= 4 is 17.6 Å². The lowest BCUT2D eigenvalue weighted by Crippen LogP contribution is -2.39. The van der Waals surface area contributed by atoms with E-state index >= 15 is 4.39 Å². The van der Waals surface area contributed by atoms with Gasteiger partial charge in [0.25, 0.3) is 5.91 Å². The number of rotatable bonds is 6. The van der Waals surface area contributed by atoms with Crippen LogP contribution in [0.25, 0.3) is 11.1 Å². The number of carbonyl (C=O) groups is 2. The van der Waals surface area contributed by atoms with Crippen LogP contribution in [0.2, 0.25) is 0 Å². The zero-order valence-corrected chi connectivity index (χ0v) is 16.5. The van der Waals surface area contributed by atoms with Crippen LogP contribution < -0.4 is 10.6 Å². The maximum absolute atomic E-state index is 15.1. The van der Waals surface area contributed by atoms with Gasteiger partial charge in [0.05, 0.1) is 5.56 Å². The molecule has 7 heteroatoms. The molecular weight excluding hydrogens is 366 g/mol. The quantitative estimate of drug-likeness (QED) is 0.688. The molecule has 1 atom stereocenters. The van der Waals surface area contributed by atoms with Crippen LogP contribution in [0.5, 0.6) is 0 Å². The van der Waals surface area contributed by atoms with Gasteiger partial charge >= 0.3 is 5.97 Å². The lowest BCUT2D eigenvalue weighted by molar-refractivity contribution is -0.138. The van der Waals surface area contributed by atoms with Gasteiger partial charge in [-0.2, -0.15) is 0 Å². The molecule has 5 nitrogen and oxygen atoms in total. The van der Waals surface area contributed by atoms with Crippen LogP contribution in [-0.2, 0) is 4.79 Å². The van der Waals surface area contributed by atoms with E-state index in [2.05, 4.69) is 10.6 Å². The van der Waals surface area contributed by atoms with E-state index in [1.807, 2.05) is 13.8 Å². The molecule has 0 saturated heterocycles. The predicted octanol–water partition coefficient (Wildman–Crippen LogP) is 4.27. The Hall–Kier alpha value is -2.96. The molecule has 1 unspecified atom stereocenters. The Kier molecular flexibility index (Phi) is 6.38. The van der Waals surface area contributed by atoms with Crippen molar-refractivity contribution in [2.45, 2.75) is 46.7 Å². The fourth-order valence-electron chi connectivity index (χ4n) is 2.93. The SMILES string of the molecule is Cc1c(F)c(-c2ccc(NC(C)C)cc2)c(C)c(F)c1C(=O)NC(C)C(=O)O. The van der Waals surface area contributed by atoms with Crippen LogP contribution in [0, 0.1) is 25.5 Å². The van der Waals surface area contributed by atoms with Crippen LogP contribution in [0.1, 0.15) is 42.3 Å².